The lowest BCUT2D eigenvalue weighted by molar-refractivity contribution is 0.0552. The van der Waals surface area contributed by atoms with Gasteiger partial charge in [-0.15, -0.1) is 0 Å². The third-order valence-electron chi connectivity index (χ3n) is 5.39. The smallest absolute Gasteiger partial charge is 0.255 e. The maximum atomic E-state index is 12.6. The summed E-state index contributed by atoms with van der Waals surface area (Å²) < 4.78 is 0. The van der Waals surface area contributed by atoms with E-state index in [-0.39, 0.29) is 5.91 Å². The van der Waals surface area contributed by atoms with Gasteiger partial charge in [-0.25, -0.2) is 0 Å². The minimum Gasteiger partial charge on any atom is -0.336 e. The van der Waals surface area contributed by atoms with E-state index < -0.39 is 0 Å². The Balaban J connectivity index is 1.37. The van der Waals surface area contributed by atoms with Gasteiger partial charge < -0.3 is 4.90 Å². The van der Waals surface area contributed by atoms with Crippen molar-refractivity contribution >= 4 is 17.5 Å². The number of halogens is 1. The number of amides is 1. The van der Waals surface area contributed by atoms with E-state index in [0.717, 1.165) is 39.0 Å². The molecule has 1 aromatic heterocycles. The Morgan fingerprint density at radius 3 is 2.60 bits per heavy atom. The first kappa shape index (κ1) is 16.6. The van der Waals surface area contributed by atoms with Gasteiger partial charge >= 0.3 is 0 Å². The number of aromatic nitrogens is 1. The second-order valence-corrected chi connectivity index (χ2v) is 7.32. The fraction of sp³-hybridized carbons (Fsp3) is 0.400. The lowest BCUT2D eigenvalue weighted by Gasteiger charge is -2.41. The molecule has 1 fully saturated rings. The van der Waals surface area contributed by atoms with E-state index >= 15 is 0 Å². The predicted molar refractivity (Wildman–Crippen MR) is 99.0 cm³/mol. The summed E-state index contributed by atoms with van der Waals surface area (Å²) in [5.74, 6) is 0.0311. The largest absolute Gasteiger partial charge is 0.336 e. The molecule has 0 bridgehead atoms. The summed E-state index contributed by atoms with van der Waals surface area (Å²) in [5, 5.41) is 0.505. The van der Waals surface area contributed by atoms with E-state index in [1.54, 1.807) is 18.5 Å². The molecule has 0 unspecified atom stereocenters. The quantitative estimate of drug-likeness (QED) is 0.830. The van der Waals surface area contributed by atoms with Crippen LogP contribution in [-0.4, -0.2) is 52.9 Å². The molecule has 1 saturated heterocycles. The van der Waals surface area contributed by atoms with Gasteiger partial charge in [0.05, 0.1) is 10.6 Å². The van der Waals surface area contributed by atoms with Crippen molar-refractivity contribution in [3.8, 4) is 0 Å². The van der Waals surface area contributed by atoms with Gasteiger partial charge in [-0.3, -0.25) is 14.7 Å². The average molecular weight is 356 g/mol. The van der Waals surface area contributed by atoms with Gasteiger partial charge in [0.15, 0.2) is 0 Å². The van der Waals surface area contributed by atoms with Crippen LogP contribution in [0.2, 0.25) is 5.02 Å². The first-order valence-electron chi connectivity index (χ1n) is 8.91. The van der Waals surface area contributed by atoms with Crippen LogP contribution in [-0.2, 0) is 12.8 Å². The van der Waals surface area contributed by atoms with Gasteiger partial charge in [0.2, 0.25) is 0 Å². The van der Waals surface area contributed by atoms with Crippen LogP contribution in [0.25, 0.3) is 0 Å². The molecule has 2 aromatic rings. The van der Waals surface area contributed by atoms with E-state index in [2.05, 4.69) is 34.1 Å². The summed E-state index contributed by atoms with van der Waals surface area (Å²) in [7, 11) is 0. The third kappa shape index (κ3) is 3.55. The number of pyridine rings is 1. The summed E-state index contributed by atoms with van der Waals surface area (Å²) in [6, 6.07) is 11.1. The molecule has 4 rings (SSSR count). The van der Waals surface area contributed by atoms with Crippen LogP contribution in [0.1, 0.15) is 27.9 Å². The molecule has 1 atom stereocenters. The maximum absolute atomic E-state index is 12.6. The third-order valence-corrected chi connectivity index (χ3v) is 5.60. The topological polar surface area (TPSA) is 36.4 Å². The number of aryl methyl sites for hydroxylation is 1. The second kappa shape index (κ2) is 7.14. The zero-order chi connectivity index (χ0) is 17.2. The SMILES string of the molecule is O=C(c1cncc(Cl)c1)N1CCN([C@H]2CCc3ccccc3C2)CC1. The number of piperazine rings is 1. The Hall–Kier alpha value is -1.91. The second-order valence-electron chi connectivity index (χ2n) is 6.89. The molecular formula is C20H22ClN3O. The zero-order valence-electron chi connectivity index (χ0n) is 14.2. The minimum absolute atomic E-state index is 0.0311. The summed E-state index contributed by atoms with van der Waals surface area (Å²) in [6.45, 7) is 3.41. The summed E-state index contributed by atoms with van der Waals surface area (Å²) in [5.41, 5.74) is 3.57. The number of rotatable bonds is 2. The Morgan fingerprint density at radius 2 is 1.84 bits per heavy atom. The predicted octanol–water partition coefficient (Wildman–Crippen LogP) is 3.05. The highest BCUT2D eigenvalue weighted by Crippen LogP contribution is 2.25. The highest BCUT2D eigenvalue weighted by Gasteiger charge is 2.29. The molecule has 2 aliphatic rings. The van der Waals surface area contributed by atoms with Crippen molar-refractivity contribution < 1.29 is 4.79 Å². The van der Waals surface area contributed by atoms with Crippen LogP contribution >= 0.6 is 11.6 Å². The molecule has 5 heteroatoms. The molecule has 130 valence electrons. The van der Waals surface area contributed by atoms with Crippen LogP contribution in [0.15, 0.2) is 42.7 Å². The fourth-order valence-electron chi connectivity index (χ4n) is 3.99. The Labute approximate surface area is 153 Å². The van der Waals surface area contributed by atoms with Crippen molar-refractivity contribution in [2.45, 2.75) is 25.3 Å². The molecule has 25 heavy (non-hydrogen) atoms. The molecule has 1 aromatic carbocycles. The average Bonchev–Trinajstić information content (AvgIpc) is 2.67. The molecule has 0 spiro atoms. The molecular weight excluding hydrogens is 334 g/mol. The summed E-state index contributed by atoms with van der Waals surface area (Å²) in [6.07, 6.45) is 6.65. The standard InChI is InChI=1S/C20H22ClN3O/c21-18-11-17(13-22-14-18)20(25)24-9-7-23(8-10-24)19-6-5-15-3-1-2-4-16(15)12-19/h1-4,11,13-14,19H,5-10,12H2/t19-/m0/s1. The Bertz CT molecular complexity index is 771. The van der Waals surface area contributed by atoms with Crippen LogP contribution in [0.3, 0.4) is 0 Å². The van der Waals surface area contributed by atoms with E-state index in [0.29, 0.717) is 16.6 Å². The fourth-order valence-corrected chi connectivity index (χ4v) is 4.17. The number of carbonyl (C=O) groups is 1. The van der Waals surface area contributed by atoms with Crippen molar-refractivity contribution in [1.82, 2.24) is 14.8 Å². The Kier molecular flexibility index (Phi) is 4.73. The molecule has 4 nitrogen and oxygen atoms in total. The zero-order valence-corrected chi connectivity index (χ0v) is 15.0. The van der Waals surface area contributed by atoms with Gasteiger partial charge in [0.25, 0.3) is 5.91 Å². The van der Waals surface area contributed by atoms with Crippen LogP contribution in [0.5, 0.6) is 0 Å². The number of carbonyl (C=O) groups excluding carboxylic acids is 1. The lowest BCUT2D eigenvalue weighted by atomic mass is 9.87. The van der Waals surface area contributed by atoms with Crippen molar-refractivity contribution in [2.75, 3.05) is 26.2 Å². The van der Waals surface area contributed by atoms with E-state index in [4.69, 9.17) is 11.6 Å². The molecule has 1 amide bonds. The normalized spacial score (nSPS) is 21.0. The number of hydrogen-bond acceptors (Lipinski definition) is 3. The highest BCUT2D eigenvalue weighted by molar-refractivity contribution is 6.30. The summed E-state index contributed by atoms with van der Waals surface area (Å²) in [4.78, 5) is 21.1. The number of benzene rings is 1. The van der Waals surface area contributed by atoms with Crippen LogP contribution < -0.4 is 0 Å². The molecule has 1 aliphatic heterocycles. The van der Waals surface area contributed by atoms with Crippen molar-refractivity contribution in [3.05, 3.63) is 64.4 Å². The highest BCUT2D eigenvalue weighted by atomic mass is 35.5. The molecule has 1 aliphatic carbocycles. The number of fused-ring (bicyclic) bond motifs is 1. The summed E-state index contributed by atoms with van der Waals surface area (Å²) >= 11 is 5.95. The van der Waals surface area contributed by atoms with Gasteiger partial charge in [0, 0.05) is 44.6 Å². The van der Waals surface area contributed by atoms with Crippen molar-refractivity contribution in [1.29, 1.82) is 0 Å². The van der Waals surface area contributed by atoms with Crippen LogP contribution in [0, 0.1) is 0 Å². The number of nitrogens with zero attached hydrogens (tertiary/aromatic N) is 3. The van der Waals surface area contributed by atoms with E-state index in [9.17, 15) is 4.79 Å². The molecule has 0 radical (unpaired) electrons. The van der Waals surface area contributed by atoms with E-state index in [1.165, 1.54) is 17.5 Å². The van der Waals surface area contributed by atoms with Gasteiger partial charge in [-0.1, -0.05) is 35.9 Å². The number of hydrogen-bond donors (Lipinski definition) is 0. The first-order valence-corrected chi connectivity index (χ1v) is 9.29. The monoisotopic (exact) mass is 355 g/mol. The van der Waals surface area contributed by atoms with Gasteiger partial charge in [0.1, 0.15) is 0 Å². The van der Waals surface area contributed by atoms with Crippen molar-refractivity contribution in [2.24, 2.45) is 0 Å². The Morgan fingerprint density at radius 1 is 1.08 bits per heavy atom. The lowest BCUT2D eigenvalue weighted by Crippen LogP contribution is -2.53. The van der Waals surface area contributed by atoms with E-state index in [1.807, 2.05) is 4.90 Å². The minimum atomic E-state index is 0.0311. The van der Waals surface area contributed by atoms with Gasteiger partial charge in [-0.05, 0) is 36.5 Å². The van der Waals surface area contributed by atoms with Crippen LogP contribution in [0.4, 0.5) is 0 Å². The molecule has 0 N–H and O–H groups in total. The first-order chi connectivity index (χ1) is 12.2. The maximum Gasteiger partial charge on any atom is 0.255 e. The van der Waals surface area contributed by atoms with Crippen molar-refractivity contribution in [3.63, 3.8) is 0 Å². The molecule has 2 heterocycles. The molecule has 0 saturated carbocycles. The van der Waals surface area contributed by atoms with Gasteiger partial charge in [-0.2, -0.15) is 0 Å².